The Kier molecular flexibility index (Phi) is 5.50. The molecule has 2 fully saturated rings. The Morgan fingerprint density at radius 1 is 1.34 bits per heavy atom. The van der Waals surface area contributed by atoms with Crippen LogP contribution in [0.4, 0.5) is 20.7 Å². The minimum Gasteiger partial charge on any atom is -0.443 e. The second-order valence-electron chi connectivity index (χ2n) is 8.63. The van der Waals surface area contributed by atoms with E-state index in [1.54, 1.807) is 4.90 Å². The number of carbonyl (C=O) groups excluding carboxylic acids is 2. The number of nitrogens with one attached hydrogen (secondary N) is 1. The van der Waals surface area contributed by atoms with Crippen molar-refractivity contribution in [3.05, 3.63) is 41.8 Å². The van der Waals surface area contributed by atoms with E-state index < -0.39 is 41.4 Å². The van der Waals surface area contributed by atoms with E-state index in [2.05, 4.69) is 16.5 Å². The molecule has 1 saturated carbocycles. The fourth-order valence-corrected chi connectivity index (χ4v) is 4.01. The molecule has 1 aliphatic heterocycles. The molecule has 2 heterocycles. The van der Waals surface area contributed by atoms with Crippen LogP contribution in [0.25, 0.3) is 0 Å². The van der Waals surface area contributed by atoms with Gasteiger partial charge >= 0.3 is 6.09 Å². The monoisotopic (exact) mass is 440 g/mol. The molecule has 3 unspecified atom stereocenters. The van der Waals surface area contributed by atoms with Crippen LogP contribution in [0.1, 0.15) is 49.5 Å². The van der Waals surface area contributed by atoms with Gasteiger partial charge in [-0.2, -0.15) is 10.4 Å². The molecule has 0 spiro atoms. The lowest BCUT2D eigenvalue weighted by molar-refractivity contribution is 0.0208. The number of rotatable bonds is 5. The summed E-state index contributed by atoms with van der Waals surface area (Å²) in [7, 11) is 0. The Balaban J connectivity index is 1.63. The van der Waals surface area contributed by atoms with E-state index in [-0.39, 0.29) is 11.4 Å². The number of anilines is 2. The molecular formula is C22H25FN6O3. The Morgan fingerprint density at radius 2 is 2.03 bits per heavy atom. The van der Waals surface area contributed by atoms with Crippen LogP contribution in [0.2, 0.25) is 0 Å². The van der Waals surface area contributed by atoms with E-state index in [0.717, 1.165) is 12.8 Å². The number of primary amides is 1. The van der Waals surface area contributed by atoms with Crippen LogP contribution in [0.15, 0.2) is 30.5 Å². The van der Waals surface area contributed by atoms with Gasteiger partial charge in [0.25, 0.3) is 5.91 Å². The first-order valence-corrected chi connectivity index (χ1v) is 10.5. The van der Waals surface area contributed by atoms with Gasteiger partial charge < -0.3 is 20.7 Å². The number of nitrogens with two attached hydrogens (primary N) is 1. The first-order valence-electron chi connectivity index (χ1n) is 10.5. The van der Waals surface area contributed by atoms with Crippen molar-refractivity contribution in [3.8, 4) is 6.07 Å². The summed E-state index contributed by atoms with van der Waals surface area (Å²) in [5.74, 6) is -1.32. The standard InChI is InChI=1S/C22H25FN6O3/c1-13-18(14(11-24)7-10-28(13)21(31)32-22(2)8-9-22)29-12-17(19(25)30)20(27-29)26-16-5-3-15(23)4-6-16/h3-6,12-14,18H,7-10H2,1-2H3,(H2,25,30)(H,26,27). The lowest BCUT2D eigenvalue weighted by atomic mass is 9.87. The van der Waals surface area contributed by atoms with Crippen LogP contribution in [0.5, 0.6) is 0 Å². The van der Waals surface area contributed by atoms with Crippen LogP contribution >= 0.6 is 0 Å². The second kappa shape index (κ2) is 8.15. The average Bonchev–Trinajstić information content (AvgIpc) is 3.32. The number of nitrogens with zero attached hydrogens (tertiary/aromatic N) is 4. The topological polar surface area (TPSA) is 126 Å². The zero-order valence-electron chi connectivity index (χ0n) is 17.9. The molecule has 4 rings (SSSR count). The number of benzene rings is 1. The van der Waals surface area contributed by atoms with Crippen molar-refractivity contribution in [2.45, 2.75) is 50.8 Å². The Labute approximate surface area is 184 Å². The number of halogens is 1. The summed E-state index contributed by atoms with van der Waals surface area (Å²) in [6.45, 7) is 4.13. The van der Waals surface area contributed by atoms with Gasteiger partial charge in [0.1, 0.15) is 17.0 Å². The quantitative estimate of drug-likeness (QED) is 0.734. The van der Waals surface area contributed by atoms with Crippen LogP contribution in [-0.2, 0) is 4.74 Å². The van der Waals surface area contributed by atoms with E-state index in [1.807, 2.05) is 13.8 Å². The summed E-state index contributed by atoms with van der Waals surface area (Å²) in [6, 6.07) is 6.97. The highest BCUT2D eigenvalue weighted by Crippen LogP contribution is 2.41. The minimum absolute atomic E-state index is 0.128. The lowest BCUT2D eigenvalue weighted by Gasteiger charge is -2.41. The van der Waals surface area contributed by atoms with E-state index >= 15 is 0 Å². The van der Waals surface area contributed by atoms with Crippen molar-refractivity contribution in [3.63, 3.8) is 0 Å². The fourth-order valence-electron chi connectivity index (χ4n) is 4.01. The molecule has 3 atom stereocenters. The number of ether oxygens (including phenoxy) is 1. The number of hydrogen-bond donors (Lipinski definition) is 2. The number of aromatic nitrogens is 2. The van der Waals surface area contributed by atoms with Gasteiger partial charge in [0.05, 0.1) is 24.1 Å². The molecule has 1 aromatic heterocycles. The highest BCUT2D eigenvalue weighted by Gasteiger charge is 2.46. The molecule has 2 amide bonds. The van der Waals surface area contributed by atoms with Crippen molar-refractivity contribution in [1.82, 2.24) is 14.7 Å². The summed E-state index contributed by atoms with van der Waals surface area (Å²) in [6.07, 6.45) is 3.20. The van der Waals surface area contributed by atoms with Crippen molar-refractivity contribution in [1.29, 1.82) is 5.26 Å². The van der Waals surface area contributed by atoms with Gasteiger partial charge in [-0.05, 0) is 57.4 Å². The average molecular weight is 440 g/mol. The highest BCUT2D eigenvalue weighted by molar-refractivity contribution is 5.98. The predicted molar refractivity (Wildman–Crippen MR) is 113 cm³/mol. The number of amides is 2. The van der Waals surface area contributed by atoms with Crippen LogP contribution in [0.3, 0.4) is 0 Å². The lowest BCUT2D eigenvalue weighted by Crippen LogP contribution is -2.51. The van der Waals surface area contributed by atoms with Crippen molar-refractivity contribution in [2.75, 3.05) is 11.9 Å². The van der Waals surface area contributed by atoms with Crippen molar-refractivity contribution in [2.24, 2.45) is 11.7 Å². The number of nitriles is 1. The SMILES string of the molecule is CC1C(n2cc(C(N)=O)c(Nc3ccc(F)cc3)n2)C(C#N)CCN1C(=O)OC1(C)CC1. The zero-order chi connectivity index (χ0) is 23.0. The van der Waals surface area contributed by atoms with Gasteiger partial charge in [0.15, 0.2) is 5.82 Å². The molecule has 1 saturated heterocycles. The van der Waals surface area contributed by atoms with Gasteiger partial charge in [-0.25, -0.2) is 9.18 Å². The fraction of sp³-hybridized carbons (Fsp3) is 0.455. The molecule has 1 aromatic carbocycles. The number of piperidine rings is 1. The van der Waals surface area contributed by atoms with Crippen molar-refractivity contribution >= 4 is 23.5 Å². The predicted octanol–water partition coefficient (Wildman–Crippen LogP) is 3.33. The Morgan fingerprint density at radius 3 is 2.62 bits per heavy atom. The maximum absolute atomic E-state index is 13.2. The summed E-state index contributed by atoms with van der Waals surface area (Å²) in [4.78, 5) is 26.4. The minimum atomic E-state index is -0.698. The first-order chi connectivity index (χ1) is 15.2. The number of hydrogen-bond acceptors (Lipinski definition) is 6. The molecule has 9 nitrogen and oxygen atoms in total. The summed E-state index contributed by atoms with van der Waals surface area (Å²) < 4.78 is 20.4. The largest absolute Gasteiger partial charge is 0.443 e. The summed E-state index contributed by atoms with van der Waals surface area (Å²) >= 11 is 0. The van der Waals surface area contributed by atoms with E-state index in [0.29, 0.717) is 18.7 Å². The maximum Gasteiger partial charge on any atom is 0.410 e. The van der Waals surface area contributed by atoms with Crippen LogP contribution in [0, 0.1) is 23.1 Å². The van der Waals surface area contributed by atoms with Crippen LogP contribution < -0.4 is 11.1 Å². The molecule has 0 bridgehead atoms. The van der Waals surface area contributed by atoms with Gasteiger partial charge in [-0.3, -0.25) is 9.48 Å². The van der Waals surface area contributed by atoms with Gasteiger partial charge in [-0.1, -0.05) is 0 Å². The van der Waals surface area contributed by atoms with Crippen LogP contribution in [-0.4, -0.2) is 44.9 Å². The smallest absolute Gasteiger partial charge is 0.410 e. The number of carbonyl (C=O) groups is 2. The van der Waals surface area contributed by atoms with Gasteiger partial charge in [0.2, 0.25) is 0 Å². The molecule has 2 aliphatic rings. The molecule has 32 heavy (non-hydrogen) atoms. The highest BCUT2D eigenvalue weighted by atomic mass is 19.1. The third-order valence-electron chi connectivity index (χ3n) is 6.18. The van der Waals surface area contributed by atoms with E-state index in [1.165, 1.54) is 35.1 Å². The van der Waals surface area contributed by atoms with Gasteiger partial charge in [-0.15, -0.1) is 0 Å². The molecule has 1 aliphatic carbocycles. The summed E-state index contributed by atoms with van der Waals surface area (Å²) in [5, 5.41) is 17.2. The molecular weight excluding hydrogens is 415 g/mol. The third-order valence-corrected chi connectivity index (χ3v) is 6.18. The second-order valence-corrected chi connectivity index (χ2v) is 8.63. The zero-order valence-corrected chi connectivity index (χ0v) is 17.9. The van der Waals surface area contributed by atoms with E-state index in [9.17, 15) is 19.2 Å². The first kappa shape index (κ1) is 21.6. The Bertz CT molecular complexity index is 1070. The molecule has 0 radical (unpaired) electrons. The maximum atomic E-state index is 13.2. The normalized spacial score (nSPS) is 23.8. The van der Waals surface area contributed by atoms with Crippen molar-refractivity contribution < 1.29 is 18.7 Å². The van der Waals surface area contributed by atoms with Gasteiger partial charge in [0, 0.05) is 18.4 Å². The van der Waals surface area contributed by atoms with E-state index in [4.69, 9.17) is 10.5 Å². The molecule has 3 N–H and O–H groups in total. The molecule has 168 valence electrons. The third kappa shape index (κ3) is 4.23. The molecule has 10 heteroatoms. The molecule has 2 aromatic rings. The Hall–Kier alpha value is -3.61. The number of likely N-dealkylation sites (tertiary alicyclic amines) is 1. The summed E-state index contributed by atoms with van der Waals surface area (Å²) in [5.41, 5.74) is 5.79.